The summed E-state index contributed by atoms with van der Waals surface area (Å²) in [5.74, 6) is 1.59. The highest BCUT2D eigenvalue weighted by atomic mass is 35.5. The SMILES string of the molecule is CC(C)CC1CCCN(C(=O)C2CNCCO2)C1.Cl. The number of hydrogen-bond acceptors (Lipinski definition) is 3. The molecule has 1 amide bonds. The third-order valence-corrected chi connectivity index (χ3v) is 3.84. The van der Waals surface area contributed by atoms with E-state index in [0.717, 1.165) is 32.0 Å². The van der Waals surface area contributed by atoms with Crippen LogP contribution in [0.5, 0.6) is 0 Å². The average molecular weight is 291 g/mol. The van der Waals surface area contributed by atoms with E-state index in [1.807, 2.05) is 4.90 Å². The van der Waals surface area contributed by atoms with Crippen molar-refractivity contribution in [1.82, 2.24) is 10.2 Å². The molecule has 2 fully saturated rings. The first-order valence-electron chi connectivity index (χ1n) is 7.28. The van der Waals surface area contributed by atoms with Gasteiger partial charge >= 0.3 is 0 Å². The highest BCUT2D eigenvalue weighted by molar-refractivity contribution is 5.85. The van der Waals surface area contributed by atoms with Gasteiger partial charge in [0.2, 0.25) is 0 Å². The number of ether oxygens (including phenoxy) is 1. The molecule has 0 aromatic heterocycles. The fourth-order valence-corrected chi connectivity index (χ4v) is 3.05. The summed E-state index contributed by atoms with van der Waals surface area (Å²) in [6, 6.07) is 0. The van der Waals surface area contributed by atoms with Gasteiger partial charge in [-0.25, -0.2) is 0 Å². The van der Waals surface area contributed by atoms with E-state index in [9.17, 15) is 4.79 Å². The Bertz CT molecular complexity index is 281. The summed E-state index contributed by atoms with van der Waals surface area (Å²) < 4.78 is 5.56. The predicted molar refractivity (Wildman–Crippen MR) is 78.6 cm³/mol. The number of rotatable bonds is 3. The van der Waals surface area contributed by atoms with Crippen molar-refractivity contribution in [2.45, 2.75) is 39.2 Å². The van der Waals surface area contributed by atoms with Gasteiger partial charge in [-0.2, -0.15) is 0 Å². The maximum absolute atomic E-state index is 12.3. The van der Waals surface area contributed by atoms with Gasteiger partial charge < -0.3 is 15.0 Å². The number of hydrogen-bond donors (Lipinski definition) is 1. The molecule has 0 radical (unpaired) electrons. The van der Waals surface area contributed by atoms with Crippen molar-refractivity contribution in [2.75, 3.05) is 32.8 Å². The van der Waals surface area contributed by atoms with E-state index in [-0.39, 0.29) is 24.4 Å². The van der Waals surface area contributed by atoms with Crippen LogP contribution in [0.15, 0.2) is 0 Å². The monoisotopic (exact) mass is 290 g/mol. The van der Waals surface area contributed by atoms with Crippen LogP contribution in [0.25, 0.3) is 0 Å². The summed E-state index contributed by atoms with van der Waals surface area (Å²) in [6.45, 7) is 8.54. The lowest BCUT2D eigenvalue weighted by Crippen LogP contribution is -2.51. The molecule has 2 saturated heterocycles. The van der Waals surface area contributed by atoms with Crippen molar-refractivity contribution < 1.29 is 9.53 Å². The molecule has 0 aliphatic carbocycles. The average Bonchev–Trinajstić information content (AvgIpc) is 2.38. The number of carbonyl (C=O) groups excluding carboxylic acids is 1. The smallest absolute Gasteiger partial charge is 0.253 e. The topological polar surface area (TPSA) is 41.6 Å². The molecule has 0 saturated carbocycles. The van der Waals surface area contributed by atoms with Gasteiger partial charge in [-0.15, -0.1) is 12.4 Å². The van der Waals surface area contributed by atoms with Crippen molar-refractivity contribution >= 4 is 18.3 Å². The summed E-state index contributed by atoms with van der Waals surface area (Å²) in [5.41, 5.74) is 0. The van der Waals surface area contributed by atoms with Crippen LogP contribution in [-0.2, 0) is 9.53 Å². The van der Waals surface area contributed by atoms with Gasteiger partial charge in [0.15, 0.2) is 0 Å². The molecule has 2 aliphatic heterocycles. The first-order valence-corrected chi connectivity index (χ1v) is 7.28. The second kappa shape index (κ2) is 8.08. The standard InChI is InChI=1S/C14H26N2O2.ClH/c1-11(2)8-12-4-3-6-16(10-12)14(17)13-9-15-5-7-18-13;/h11-13,15H,3-10H2,1-2H3;1H. The van der Waals surface area contributed by atoms with E-state index in [1.54, 1.807) is 0 Å². The molecule has 0 aromatic rings. The number of halogens is 1. The minimum Gasteiger partial charge on any atom is -0.366 e. The molecule has 4 nitrogen and oxygen atoms in total. The minimum absolute atomic E-state index is 0. The number of piperidine rings is 1. The van der Waals surface area contributed by atoms with Gasteiger partial charge in [-0.1, -0.05) is 13.8 Å². The first-order chi connectivity index (χ1) is 8.66. The summed E-state index contributed by atoms with van der Waals surface area (Å²) in [5, 5.41) is 3.23. The van der Waals surface area contributed by atoms with Gasteiger partial charge in [0.1, 0.15) is 6.10 Å². The fourth-order valence-electron chi connectivity index (χ4n) is 3.05. The van der Waals surface area contributed by atoms with Crippen LogP contribution in [0.3, 0.4) is 0 Å². The van der Waals surface area contributed by atoms with E-state index >= 15 is 0 Å². The normalized spacial score (nSPS) is 28.1. The third-order valence-electron chi connectivity index (χ3n) is 3.84. The van der Waals surface area contributed by atoms with Crippen LogP contribution in [0.1, 0.15) is 33.1 Å². The summed E-state index contributed by atoms with van der Waals surface area (Å²) in [7, 11) is 0. The number of carbonyl (C=O) groups is 1. The summed E-state index contributed by atoms with van der Waals surface area (Å²) >= 11 is 0. The van der Waals surface area contributed by atoms with Crippen molar-refractivity contribution in [2.24, 2.45) is 11.8 Å². The second-order valence-electron chi connectivity index (χ2n) is 5.99. The lowest BCUT2D eigenvalue weighted by atomic mass is 9.89. The summed E-state index contributed by atoms with van der Waals surface area (Å²) in [4.78, 5) is 14.4. The molecule has 19 heavy (non-hydrogen) atoms. The molecule has 112 valence electrons. The van der Waals surface area contributed by atoms with Crippen LogP contribution >= 0.6 is 12.4 Å². The minimum atomic E-state index is -0.253. The van der Waals surface area contributed by atoms with Crippen molar-refractivity contribution in [3.8, 4) is 0 Å². The van der Waals surface area contributed by atoms with E-state index in [4.69, 9.17) is 4.74 Å². The van der Waals surface area contributed by atoms with Crippen LogP contribution in [0, 0.1) is 11.8 Å². The van der Waals surface area contributed by atoms with Gasteiger partial charge in [0, 0.05) is 26.2 Å². The Morgan fingerprint density at radius 2 is 2.26 bits per heavy atom. The van der Waals surface area contributed by atoms with Gasteiger partial charge in [0.05, 0.1) is 6.61 Å². The Hall–Kier alpha value is -0.320. The molecule has 2 atom stereocenters. The highest BCUT2D eigenvalue weighted by Gasteiger charge is 2.30. The molecule has 5 heteroatoms. The zero-order valence-corrected chi connectivity index (χ0v) is 12.9. The summed E-state index contributed by atoms with van der Waals surface area (Å²) in [6.07, 6.45) is 3.39. The Kier molecular flexibility index (Phi) is 7.11. The lowest BCUT2D eigenvalue weighted by Gasteiger charge is -2.36. The van der Waals surface area contributed by atoms with Gasteiger partial charge in [0.25, 0.3) is 5.91 Å². The quantitative estimate of drug-likeness (QED) is 0.860. The molecular formula is C14H27ClN2O2. The number of nitrogens with one attached hydrogen (secondary N) is 1. The van der Waals surface area contributed by atoms with E-state index < -0.39 is 0 Å². The first kappa shape index (κ1) is 16.7. The number of morpholine rings is 1. The van der Waals surface area contributed by atoms with Crippen LogP contribution in [0.2, 0.25) is 0 Å². The Morgan fingerprint density at radius 3 is 2.89 bits per heavy atom. The molecular weight excluding hydrogens is 264 g/mol. The lowest BCUT2D eigenvalue weighted by molar-refractivity contribution is -0.147. The Labute approximate surface area is 122 Å². The van der Waals surface area contributed by atoms with Crippen LogP contribution < -0.4 is 5.32 Å². The molecule has 0 spiro atoms. The van der Waals surface area contributed by atoms with Gasteiger partial charge in [-0.3, -0.25) is 4.79 Å². The van der Waals surface area contributed by atoms with E-state index in [2.05, 4.69) is 19.2 Å². The predicted octanol–water partition coefficient (Wildman–Crippen LogP) is 1.68. The number of nitrogens with zero attached hydrogens (tertiary/aromatic N) is 1. The number of likely N-dealkylation sites (tertiary alicyclic amines) is 1. The maximum atomic E-state index is 12.3. The highest BCUT2D eigenvalue weighted by Crippen LogP contribution is 2.23. The van der Waals surface area contributed by atoms with Crippen molar-refractivity contribution in [3.05, 3.63) is 0 Å². The molecule has 1 N–H and O–H groups in total. The largest absolute Gasteiger partial charge is 0.366 e. The Morgan fingerprint density at radius 1 is 1.47 bits per heavy atom. The van der Waals surface area contributed by atoms with Crippen LogP contribution in [-0.4, -0.2) is 49.7 Å². The van der Waals surface area contributed by atoms with Crippen molar-refractivity contribution in [3.63, 3.8) is 0 Å². The fraction of sp³-hybridized carbons (Fsp3) is 0.929. The van der Waals surface area contributed by atoms with Crippen molar-refractivity contribution in [1.29, 1.82) is 0 Å². The second-order valence-corrected chi connectivity index (χ2v) is 5.99. The molecule has 0 bridgehead atoms. The number of amides is 1. The van der Waals surface area contributed by atoms with Crippen LogP contribution in [0.4, 0.5) is 0 Å². The Balaban J connectivity index is 0.00000180. The molecule has 2 heterocycles. The molecule has 2 unspecified atom stereocenters. The zero-order chi connectivity index (χ0) is 13.0. The maximum Gasteiger partial charge on any atom is 0.253 e. The molecule has 2 rings (SSSR count). The molecule has 0 aromatic carbocycles. The van der Waals surface area contributed by atoms with E-state index in [0.29, 0.717) is 19.1 Å². The molecule has 2 aliphatic rings. The third kappa shape index (κ3) is 4.93. The zero-order valence-electron chi connectivity index (χ0n) is 12.1. The van der Waals surface area contributed by atoms with Gasteiger partial charge in [-0.05, 0) is 31.1 Å². The van der Waals surface area contributed by atoms with E-state index in [1.165, 1.54) is 12.8 Å².